The van der Waals surface area contributed by atoms with E-state index >= 15 is 0 Å². The first-order valence-corrected chi connectivity index (χ1v) is 6.01. The molecule has 0 aliphatic heterocycles. The SMILES string of the molecule is COCCNC(=S)NNC(=O)c1ccccc1Cl. The van der Waals surface area contributed by atoms with Crippen molar-refractivity contribution in [3.63, 3.8) is 0 Å². The highest BCUT2D eigenvalue weighted by Gasteiger charge is 2.08. The molecular formula is C11H14ClN3O2S. The number of benzene rings is 1. The molecule has 5 nitrogen and oxygen atoms in total. The van der Waals surface area contributed by atoms with Gasteiger partial charge in [-0.25, -0.2) is 0 Å². The Hall–Kier alpha value is -1.37. The molecule has 0 aromatic heterocycles. The van der Waals surface area contributed by atoms with Gasteiger partial charge in [0.15, 0.2) is 5.11 Å². The minimum absolute atomic E-state index is 0.312. The summed E-state index contributed by atoms with van der Waals surface area (Å²) in [4.78, 5) is 11.7. The van der Waals surface area contributed by atoms with Gasteiger partial charge in [-0.2, -0.15) is 0 Å². The van der Waals surface area contributed by atoms with E-state index in [0.29, 0.717) is 28.9 Å². The first kappa shape index (κ1) is 14.7. The highest BCUT2D eigenvalue weighted by molar-refractivity contribution is 7.80. The number of carbonyl (C=O) groups is 1. The average molecular weight is 288 g/mol. The molecule has 0 bridgehead atoms. The highest BCUT2D eigenvalue weighted by atomic mass is 35.5. The number of amides is 1. The molecule has 0 spiro atoms. The zero-order valence-electron chi connectivity index (χ0n) is 9.83. The molecule has 3 N–H and O–H groups in total. The van der Waals surface area contributed by atoms with Crippen molar-refractivity contribution in [1.29, 1.82) is 0 Å². The van der Waals surface area contributed by atoms with Crippen LogP contribution in [0.4, 0.5) is 0 Å². The van der Waals surface area contributed by atoms with Crippen LogP contribution in [0, 0.1) is 0 Å². The van der Waals surface area contributed by atoms with Crippen molar-refractivity contribution in [2.45, 2.75) is 0 Å². The molecule has 1 rings (SSSR count). The van der Waals surface area contributed by atoms with Crippen LogP contribution in [0.1, 0.15) is 10.4 Å². The second-order valence-corrected chi connectivity index (χ2v) is 4.12. The maximum Gasteiger partial charge on any atom is 0.271 e. The summed E-state index contributed by atoms with van der Waals surface area (Å²) in [6.07, 6.45) is 0. The Kier molecular flexibility index (Phi) is 6.42. The average Bonchev–Trinajstić information content (AvgIpc) is 2.37. The maximum atomic E-state index is 11.7. The Labute approximate surface area is 116 Å². The van der Waals surface area contributed by atoms with Crippen molar-refractivity contribution in [2.75, 3.05) is 20.3 Å². The van der Waals surface area contributed by atoms with Gasteiger partial charge in [-0.3, -0.25) is 15.6 Å². The summed E-state index contributed by atoms with van der Waals surface area (Å²) >= 11 is 10.8. The fourth-order valence-corrected chi connectivity index (χ4v) is 1.51. The fourth-order valence-electron chi connectivity index (χ4n) is 1.14. The molecule has 0 saturated heterocycles. The summed E-state index contributed by atoms with van der Waals surface area (Å²) in [5.41, 5.74) is 5.40. The number of carbonyl (C=O) groups excluding carboxylic acids is 1. The van der Waals surface area contributed by atoms with Crippen LogP contribution in [-0.4, -0.2) is 31.3 Å². The lowest BCUT2D eigenvalue weighted by atomic mass is 10.2. The second kappa shape index (κ2) is 7.86. The summed E-state index contributed by atoms with van der Waals surface area (Å²) in [6, 6.07) is 6.76. The molecule has 0 atom stereocenters. The molecule has 0 saturated carbocycles. The van der Waals surface area contributed by atoms with Crippen LogP contribution in [0.15, 0.2) is 24.3 Å². The summed E-state index contributed by atoms with van der Waals surface area (Å²) < 4.78 is 4.85. The van der Waals surface area contributed by atoms with Crippen LogP contribution >= 0.6 is 23.8 Å². The topological polar surface area (TPSA) is 62.4 Å². The van der Waals surface area contributed by atoms with Crippen molar-refractivity contribution in [3.05, 3.63) is 34.9 Å². The number of hydrazine groups is 1. The summed E-state index contributed by atoms with van der Waals surface area (Å²) in [7, 11) is 1.59. The molecular weight excluding hydrogens is 274 g/mol. The van der Waals surface area contributed by atoms with E-state index in [1.54, 1.807) is 31.4 Å². The number of nitrogens with one attached hydrogen (secondary N) is 3. The quantitative estimate of drug-likeness (QED) is 0.440. The largest absolute Gasteiger partial charge is 0.383 e. The number of halogens is 1. The Morgan fingerprint density at radius 2 is 2.11 bits per heavy atom. The maximum absolute atomic E-state index is 11.7. The van der Waals surface area contributed by atoms with Gasteiger partial charge < -0.3 is 10.1 Å². The van der Waals surface area contributed by atoms with E-state index in [1.807, 2.05) is 0 Å². The lowest BCUT2D eigenvalue weighted by Gasteiger charge is -2.11. The standard InChI is InChI=1S/C11H14ClN3O2S/c1-17-7-6-13-11(18)15-14-10(16)8-4-2-3-5-9(8)12/h2-5H,6-7H2,1H3,(H,14,16)(H2,13,15,18). The smallest absolute Gasteiger partial charge is 0.271 e. The minimum atomic E-state index is -0.350. The fraction of sp³-hybridized carbons (Fsp3) is 0.273. The molecule has 0 aliphatic carbocycles. The van der Waals surface area contributed by atoms with Crippen molar-refractivity contribution in [3.8, 4) is 0 Å². The van der Waals surface area contributed by atoms with Gasteiger partial charge in [0.1, 0.15) is 0 Å². The molecule has 0 aliphatic rings. The van der Waals surface area contributed by atoms with E-state index in [4.69, 9.17) is 28.6 Å². The molecule has 0 radical (unpaired) electrons. The predicted molar refractivity (Wildman–Crippen MR) is 74.5 cm³/mol. The molecule has 98 valence electrons. The number of rotatable bonds is 4. The van der Waals surface area contributed by atoms with Crippen molar-refractivity contribution < 1.29 is 9.53 Å². The first-order chi connectivity index (χ1) is 8.65. The molecule has 1 aromatic carbocycles. The van der Waals surface area contributed by atoms with Gasteiger partial charge in [0.25, 0.3) is 5.91 Å². The van der Waals surface area contributed by atoms with Crippen LogP contribution in [0.5, 0.6) is 0 Å². The Balaban J connectivity index is 2.38. The first-order valence-electron chi connectivity index (χ1n) is 5.23. The zero-order valence-corrected chi connectivity index (χ0v) is 11.4. The Bertz CT molecular complexity index is 429. The second-order valence-electron chi connectivity index (χ2n) is 3.31. The van der Waals surface area contributed by atoms with Gasteiger partial charge in [-0.15, -0.1) is 0 Å². The van der Waals surface area contributed by atoms with E-state index < -0.39 is 0 Å². The van der Waals surface area contributed by atoms with Crippen molar-refractivity contribution in [1.82, 2.24) is 16.2 Å². The number of hydrogen-bond donors (Lipinski definition) is 3. The summed E-state index contributed by atoms with van der Waals surface area (Å²) in [5.74, 6) is -0.350. The van der Waals surface area contributed by atoms with Crippen LogP contribution in [0.3, 0.4) is 0 Å². The van der Waals surface area contributed by atoms with Crippen LogP contribution in [0.2, 0.25) is 5.02 Å². The molecule has 0 unspecified atom stereocenters. The molecule has 1 aromatic rings. The monoisotopic (exact) mass is 287 g/mol. The molecule has 0 heterocycles. The molecule has 18 heavy (non-hydrogen) atoms. The van der Waals surface area contributed by atoms with E-state index in [1.165, 1.54) is 0 Å². The third-order valence-corrected chi connectivity index (χ3v) is 2.58. The Morgan fingerprint density at radius 3 is 2.78 bits per heavy atom. The molecule has 0 fully saturated rings. The van der Waals surface area contributed by atoms with Gasteiger partial charge in [-0.05, 0) is 24.4 Å². The summed E-state index contributed by atoms with van der Waals surface area (Å²) in [6.45, 7) is 1.09. The lowest BCUT2D eigenvalue weighted by Crippen LogP contribution is -2.47. The lowest BCUT2D eigenvalue weighted by molar-refractivity contribution is 0.0944. The summed E-state index contributed by atoms with van der Waals surface area (Å²) in [5, 5.41) is 3.55. The van der Waals surface area contributed by atoms with E-state index in [2.05, 4.69) is 16.2 Å². The number of methoxy groups -OCH3 is 1. The van der Waals surface area contributed by atoms with Crippen molar-refractivity contribution >= 4 is 34.8 Å². The van der Waals surface area contributed by atoms with Gasteiger partial charge in [0.2, 0.25) is 0 Å². The van der Waals surface area contributed by atoms with Crippen LogP contribution in [-0.2, 0) is 4.74 Å². The normalized spacial score (nSPS) is 9.67. The van der Waals surface area contributed by atoms with Gasteiger partial charge in [0, 0.05) is 13.7 Å². The third-order valence-electron chi connectivity index (χ3n) is 2.00. The zero-order chi connectivity index (χ0) is 13.4. The van der Waals surface area contributed by atoms with E-state index in [9.17, 15) is 4.79 Å². The Morgan fingerprint density at radius 1 is 1.39 bits per heavy atom. The van der Waals surface area contributed by atoms with Gasteiger partial charge >= 0.3 is 0 Å². The number of hydrogen-bond acceptors (Lipinski definition) is 3. The number of ether oxygens (including phenoxy) is 1. The van der Waals surface area contributed by atoms with Crippen LogP contribution in [0.25, 0.3) is 0 Å². The third kappa shape index (κ3) is 4.87. The molecule has 7 heteroatoms. The van der Waals surface area contributed by atoms with E-state index in [-0.39, 0.29) is 5.91 Å². The number of thiocarbonyl (C=S) groups is 1. The van der Waals surface area contributed by atoms with Crippen molar-refractivity contribution in [2.24, 2.45) is 0 Å². The highest BCUT2D eigenvalue weighted by Crippen LogP contribution is 2.13. The van der Waals surface area contributed by atoms with Gasteiger partial charge in [-0.1, -0.05) is 23.7 Å². The predicted octanol–water partition coefficient (Wildman–Crippen LogP) is 1.10. The minimum Gasteiger partial charge on any atom is -0.383 e. The van der Waals surface area contributed by atoms with E-state index in [0.717, 1.165) is 0 Å². The van der Waals surface area contributed by atoms with Crippen LogP contribution < -0.4 is 16.2 Å². The molecule has 1 amide bonds. The van der Waals surface area contributed by atoms with Gasteiger partial charge in [0.05, 0.1) is 17.2 Å².